The van der Waals surface area contributed by atoms with Crippen LogP contribution in [0, 0.1) is 11.8 Å². The van der Waals surface area contributed by atoms with E-state index in [1.54, 1.807) is 0 Å². The minimum atomic E-state index is -0.0873. The van der Waals surface area contributed by atoms with Crippen LogP contribution in [0.4, 0.5) is 0 Å². The molecule has 3 aliphatic heterocycles. The zero-order valence-corrected chi connectivity index (χ0v) is 12.6. The maximum absolute atomic E-state index is 12.1. The highest BCUT2D eigenvalue weighted by Gasteiger charge is 2.47. The minimum Gasteiger partial charge on any atom is -0.339 e. The minimum absolute atomic E-state index is 0.0873. The smallest absolute Gasteiger partial charge is 0.299 e. The average Bonchev–Trinajstić information content (AvgIpc) is 2.38. The number of piperazine rings is 1. The first-order chi connectivity index (χ1) is 9.52. The van der Waals surface area contributed by atoms with Crippen LogP contribution in [0.3, 0.4) is 0 Å². The van der Waals surface area contributed by atoms with Gasteiger partial charge in [0.05, 0.1) is 18.6 Å². The fourth-order valence-electron chi connectivity index (χ4n) is 2.85. The molecule has 3 saturated heterocycles. The summed E-state index contributed by atoms with van der Waals surface area (Å²) >= 11 is 0. The number of carbonyl (C=O) groups is 2. The first-order valence-corrected chi connectivity index (χ1v) is 7.26. The van der Waals surface area contributed by atoms with Gasteiger partial charge in [0.1, 0.15) is 0 Å². The number of hydrogen-bond acceptors (Lipinski definition) is 3. The molecule has 3 heterocycles. The highest BCUT2D eigenvalue weighted by molar-refractivity contribution is 5.95. The summed E-state index contributed by atoms with van der Waals surface area (Å²) in [5.41, 5.74) is 0. The first kappa shape index (κ1) is 14.9. The van der Waals surface area contributed by atoms with Gasteiger partial charge in [0, 0.05) is 19.5 Å². The van der Waals surface area contributed by atoms with Gasteiger partial charge in [-0.3, -0.25) is 14.5 Å². The second-order valence-corrected chi connectivity index (χ2v) is 5.84. The lowest BCUT2D eigenvalue weighted by molar-refractivity contribution is -0.156. The lowest BCUT2D eigenvalue weighted by Gasteiger charge is -2.55. The van der Waals surface area contributed by atoms with Gasteiger partial charge in [0.2, 0.25) is 5.91 Å². The van der Waals surface area contributed by atoms with Crippen molar-refractivity contribution in [2.75, 3.05) is 33.7 Å². The van der Waals surface area contributed by atoms with Crippen molar-refractivity contribution in [2.24, 2.45) is 0 Å². The van der Waals surface area contributed by atoms with E-state index >= 15 is 0 Å². The molecule has 0 aromatic carbocycles. The Morgan fingerprint density at radius 1 is 1.25 bits per heavy atom. The zero-order valence-electron chi connectivity index (χ0n) is 12.6. The predicted molar refractivity (Wildman–Crippen MR) is 76.9 cm³/mol. The quantitative estimate of drug-likeness (QED) is 0.691. The highest BCUT2D eigenvalue weighted by atomic mass is 16.2. The Bertz CT molecular complexity index is 438. The summed E-state index contributed by atoms with van der Waals surface area (Å²) in [6.07, 6.45) is 2.50. The predicted octanol–water partition coefficient (Wildman–Crippen LogP) is 0.163. The van der Waals surface area contributed by atoms with Gasteiger partial charge >= 0.3 is 0 Å². The van der Waals surface area contributed by atoms with Crippen LogP contribution in [0.2, 0.25) is 0 Å². The molecule has 0 spiro atoms. The number of amides is 2. The number of carbonyl (C=O) groups excluding carboxylic acids is 2. The maximum Gasteiger partial charge on any atom is 0.299 e. The Morgan fingerprint density at radius 2 is 1.90 bits per heavy atom. The van der Waals surface area contributed by atoms with E-state index in [9.17, 15) is 9.59 Å². The molecule has 0 saturated carbocycles. The molecule has 110 valence electrons. The molecular formula is C15H23N3O2. The first-order valence-electron chi connectivity index (χ1n) is 7.26. The van der Waals surface area contributed by atoms with Crippen molar-refractivity contribution in [3.8, 4) is 11.8 Å². The maximum atomic E-state index is 12.1. The second-order valence-electron chi connectivity index (χ2n) is 5.84. The topological polar surface area (TPSA) is 43.9 Å². The summed E-state index contributed by atoms with van der Waals surface area (Å²) in [5, 5.41) is 0. The van der Waals surface area contributed by atoms with Crippen molar-refractivity contribution >= 4 is 11.8 Å². The third kappa shape index (κ3) is 3.13. The molecule has 0 aromatic heterocycles. The van der Waals surface area contributed by atoms with Gasteiger partial charge in [-0.1, -0.05) is 12.8 Å². The zero-order chi connectivity index (χ0) is 14.7. The van der Waals surface area contributed by atoms with Crippen molar-refractivity contribution in [2.45, 2.75) is 38.3 Å². The van der Waals surface area contributed by atoms with E-state index in [1.807, 2.05) is 35.7 Å². The summed E-state index contributed by atoms with van der Waals surface area (Å²) in [5.74, 6) is 5.72. The number of rotatable bonds is 3. The lowest BCUT2D eigenvalue weighted by atomic mass is 9.87. The Hall–Kier alpha value is -1.54. The van der Waals surface area contributed by atoms with Gasteiger partial charge in [0.15, 0.2) is 0 Å². The summed E-state index contributed by atoms with van der Waals surface area (Å²) in [4.78, 5) is 29.6. The summed E-state index contributed by atoms with van der Waals surface area (Å²) in [6, 6.07) is 0.353. The SMILES string of the molecule is CCCC(=O)N1CC2CC(C1)N2C(=O)C#CCN(C)C. The largest absolute Gasteiger partial charge is 0.339 e. The Balaban J connectivity index is 1.88. The molecular weight excluding hydrogens is 254 g/mol. The molecule has 3 fully saturated rings. The van der Waals surface area contributed by atoms with Crippen molar-refractivity contribution in [1.29, 1.82) is 0 Å². The van der Waals surface area contributed by atoms with E-state index in [2.05, 4.69) is 11.8 Å². The molecule has 0 aromatic rings. The van der Waals surface area contributed by atoms with Gasteiger partial charge in [-0.2, -0.15) is 0 Å². The molecule has 2 amide bonds. The van der Waals surface area contributed by atoms with Gasteiger partial charge in [-0.05, 0) is 32.9 Å². The summed E-state index contributed by atoms with van der Waals surface area (Å²) in [6.45, 7) is 3.96. The van der Waals surface area contributed by atoms with Crippen LogP contribution >= 0.6 is 0 Å². The number of hydrogen-bond donors (Lipinski definition) is 0. The molecule has 2 unspecified atom stereocenters. The molecule has 20 heavy (non-hydrogen) atoms. The third-order valence-electron chi connectivity index (χ3n) is 3.83. The molecule has 5 heteroatoms. The van der Waals surface area contributed by atoms with Crippen LogP contribution in [0.1, 0.15) is 26.2 Å². The molecule has 0 N–H and O–H groups in total. The molecule has 0 radical (unpaired) electrons. The van der Waals surface area contributed by atoms with Crippen LogP contribution in [0.5, 0.6) is 0 Å². The number of nitrogens with zero attached hydrogens (tertiary/aromatic N) is 3. The summed E-state index contributed by atoms with van der Waals surface area (Å²) in [7, 11) is 3.85. The fourth-order valence-corrected chi connectivity index (χ4v) is 2.85. The van der Waals surface area contributed by atoms with E-state index in [0.29, 0.717) is 26.1 Å². The van der Waals surface area contributed by atoms with E-state index in [0.717, 1.165) is 12.8 Å². The van der Waals surface area contributed by atoms with Crippen LogP contribution in [-0.2, 0) is 9.59 Å². The fraction of sp³-hybridized carbons (Fsp3) is 0.733. The lowest BCUT2D eigenvalue weighted by Crippen LogP contribution is -2.70. The van der Waals surface area contributed by atoms with Crippen LogP contribution in [0.15, 0.2) is 0 Å². The normalized spacial score (nSPS) is 24.0. The Labute approximate surface area is 120 Å². The van der Waals surface area contributed by atoms with Crippen molar-refractivity contribution < 1.29 is 9.59 Å². The Morgan fingerprint density at radius 3 is 2.45 bits per heavy atom. The van der Waals surface area contributed by atoms with Crippen LogP contribution in [0.25, 0.3) is 0 Å². The molecule has 3 aliphatic rings. The van der Waals surface area contributed by atoms with Gasteiger partial charge in [-0.15, -0.1) is 0 Å². The van der Waals surface area contributed by atoms with Gasteiger partial charge < -0.3 is 9.80 Å². The van der Waals surface area contributed by atoms with Crippen molar-refractivity contribution in [3.05, 3.63) is 0 Å². The molecule has 3 rings (SSSR count). The Kier molecular flexibility index (Phi) is 4.66. The van der Waals surface area contributed by atoms with Crippen LogP contribution in [-0.4, -0.2) is 72.3 Å². The molecule has 2 bridgehead atoms. The van der Waals surface area contributed by atoms with E-state index in [-0.39, 0.29) is 23.9 Å². The summed E-state index contributed by atoms with van der Waals surface area (Å²) < 4.78 is 0. The molecule has 5 nitrogen and oxygen atoms in total. The van der Waals surface area contributed by atoms with Crippen LogP contribution < -0.4 is 0 Å². The van der Waals surface area contributed by atoms with Gasteiger partial charge in [-0.25, -0.2) is 0 Å². The standard InChI is InChI=1S/C15H23N3O2/c1-4-6-14(19)17-10-12-9-13(11-17)18(12)15(20)7-5-8-16(2)3/h12-13H,4,6,8-11H2,1-3H3. The number of piperidine rings is 1. The second kappa shape index (κ2) is 6.27. The van der Waals surface area contributed by atoms with Gasteiger partial charge in [0.25, 0.3) is 5.91 Å². The van der Waals surface area contributed by atoms with E-state index in [1.165, 1.54) is 0 Å². The van der Waals surface area contributed by atoms with E-state index in [4.69, 9.17) is 0 Å². The third-order valence-corrected chi connectivity index (χ3v) is 3.83. The molecule has 2 atom stereocenters. The number of fused-ring (bicyclic) bond motifs is 2. The average molecular weight is 277 g/mol. The van der Waals surface area contributed by atoms with Crippen molar-refractivity contribution in [1.82, 2.24) is 14.7 Å². The monoisotopic (exact) mass is 277 g/mol. The molecule has 0 aliphatic carbocycles. The highest BCUT2D eigenvalue weighted by Crippen LogP contribution is 2.32. The van der Waals surface area contributed by atoms with E-state index < -0.39 is 0 Å². The van der Waals surface area contributed by atoms with Crippen molar-refractivity contribution in [3.63, 3.8) is 0 Å².